The van der Waals surface area contributed by atoms with E-state index in [4.69, 9.17) is 0 Å². The summed E-state index contributed by atoms with van der Waals surface area (Å²) in [5.74, 6) is 0.798. The van der Waals surface area contributed by atoms with Gasteiger partial charge in [0.25, 0.3) is 0 Å². The lowest BCUT2D eigenvalue weighted by Crippen LogP contribution is -2.33. The molecule has 0 aliphatic rings. The molecule has 0 fully saturated rings. The molecule has 0 amide bonds. The summed E-state index contributed by atoms with van der Waals surface area (Å²) in [6.45, 7) is 12.9. The van der Waals surface area contributed by atoms with Gasteiger partial charge in [0.05, 0.1) is 0 Å². The highest BCUT2D eigenvalue weighted by Crippen LogP contribution is 2.07. The standard InChI is InChI=1S/C14H30N2/c1-5-8-10-15-12-14(9-6-2)13-16(4)11-7-3/h5,14-15H,1,6-13H2,2-4H3. The maximum atomic E-state index is 3.74. The summed E-state index contributed by atoms with van der Waals surface area (Å²) in [5, 5.41) is 3.52. The number of hydrogen-bond acceptors (Lipinski definition) is 2. The van der Waals surface area contributed by atoms with Crippen LogP contribution in [-0.2, 0) is 0 Å². The van der Waals surface area contributed by atoms with E-state index in [2.05, 4.69) is 37.7 Å². The van der Waals surface area contributed by atoms with Crippen LogP contribution in [0, 0.1) is 5.92 Å². The third kappa shape index (κ3) is 8.93. The summed E-state index contributed by atoms with van der Waals surface area (Å²) in [4.78, 5) is 2.45. The highest BCUT2D eigenvalue weighted by atomic mass is 15.1. The largest absolute Gasteiger partial charge is 0.316 e. The van der Waals surface area contributed by atoms with Crippen molar-refractivity contribution >= 4 is 0 Å². The molecular weight excluding hydrogens is 196 g/mol. The normalized spacial score (nSPS) is 13.0. The van der Waals surface area contributed by atoms with Gasteiger partial charge < -0.3 is 10.2 Å². The topological polar surface area (TPSA) is 15.3 Å². The minimum atomic E-state index is 0.798. The molecule has 0 heterocycles. The van der Waals surface area contributed by atoms with Crippen molar-refractivity contribution in [1.29, 1.82) is 0 Å². The predicted molar refractivity (Wildman–Crippen MR) is 73.9 cm³/mol. The van der Waals surface area contributed by atoms with E-state index in [1.165, 1.54) is 32.4 Å². The van der Waals surface area contributed by atoms with E-state index in [1.807, 2.05) is 6.08 Å². The van der Waals surface area contributed by atoms with Crippen LogP contribution in [0.25, 0.3) is 0 Å². The minimum Gasteiger partial charge on any atom is -0.316 e. The zero-order valence-electron chi connectivity index (χ0n) is 11.5. The van der Waals surface area contributed by atoms with E-state index in [0.29, 0.717) is 0 Å². The van der Waals surface area contributed by atoms with Crippen molar-refractivity contribution in [2.24, 2.45) is 5.92 Å². The van der Waals surface area contributed by atoms with E-state index >= 15 is 0 Å². The van der Waals surface area contributed by atoms with Gasteiger partial charge in [-0.05, 0) is 51.9 Å². The molecule has 0 bridgehead atoms. The van der Waals surface area contributed by atoms with Crippen LogP contribution in [0.5, 0.6) is 0 Å². The van der Waals surface area contributed by atoms with Crippen molar-refractivity contribution in [1.82, 2.24) is 10.2 Å². The third-order valence-electron chi connectivity index (χ3n) is 2.83. The molecule has 1 N–H and O–H groups in total. The summed E-state index contributed by atoms with van der Waals surface area (Å²) in [6, 6.07) is 0. The highest BCUT2D eigenvalue weighted by Gasteiger charge is 2.09. The maximum absolute atomic E-state index is 3.74. The lowest BCUT2D eigenvalue weighted by Gasteiger charge is -2.23. The molecule has 0 radical (unpaired) electrons. The van der Waals surface area contributed by atoms with Crippen LogP contribution in [-0.4, -0.2) is 38.1 Å². The van der Waals surface area contributed by atoms with Gasteiger partial charge in [-0.1, -0.05) is 26.3 Å². The smallest absolute Gasteiger partial charge is 0.00187 e. The summed E-state index contributed by atoms with van der Waals surface area (Å²) >= 11 is 0. The van der Waals surface area contributed by atoms with Crippen LogP contribution in [0.4, 0.5) is 0 Å². The van der Waals surface area contributed by atoms with Crippen LogP contribution in [0.1, 0.15) is 39.5 Å². The molecule has 16 heavy (non-hydrogen) atoms. The van der Waals surface area contributed by atoms with Crippen molar-refractivity contribution in [2.75, 3.05) is 33.2 Å². The Labute approximate surface area is 102 Å². The molecule has 0 rings (SSSR count). The molecule has 0 saturated heterocycles. The lowest BCUT2D eigenvalue weighted by atomic mass is 10.0. The van der Waals surface area contributed by atoms with E-state index in [9.17, 15) is 0 Å². The second-order valence-electron chi connectivity index (χ2n) is 4.70. The number of nitrogens with zero attached hydrogens (tertiary/aromatic N) is 1. The molecule has 1 unspecified atom stereocenters. The van der Waals surface area contributed by atoms with Gasteiger partial charge >= 0.3 is 0 Å². The molecule has 2 heteroatoms. The first-order valence-corrected chi connectivity index (χ1v) is 6.74. The van der Waals surface area contributed by atoms with E-state index in [1.54, 1.807) is 0 Å². The third-order valence-corrected chi connectivity index (χ3v) is 2.83. The van der Waals surface area contributed by atoms with Gasteiger partial charge in [-0.25, -0.2) is 0 Å². The van der Waals surface area contributed by atoms with Crippen LogP contribution in [0.2, 0.25) is 0 Å². The Morgan fingerprint density at radius 1 is 1.31 bits per heavy atom. The SMILES string of the molecule is C=CCCNCC(CCC)CN(C)CCC. The van der Waals surface area contributed by atoms with E-state index < -0.39 is 0 Å². The maximum Gasteiger partial charge on any atom is 0.00187 e. The predicted octanol–water partition coefficient (Wildman–Crippen LogP) is 2.91. The summed E-state index contributed by atoms with van der Waals surface area (Å²) in [6.07, 6.45) is 6.91. The van der Waals surface area contributed by atoms with Gasteiger partial charge in [0, 0.05) is 6.54 Å². The van der Waals surface area contributed by atoms with Gasteiger partial charge in [0.1, 0.15) is 0 Å². The van der Waals surface area contributed by atoms with Crippen molar-refractivity contribution < 1.29 is 0 Å². The minimum absolute atomic E-state index is 0.798. The van der Waals surface area contributed by atoms with Gasteiger partial charge in [0.15, 0.2) is 0 Å². The Morgan fingerprint density at radius 3 is 2.62 bits per heavy atom. The molecule has 0 aromatic heterocycles. The summed E-state index contributed by atoms with van der Waals surface area (Å²) in [7, 11) is 2.23. The molecule has 0 aliphatic carbocycles. The van der Waals surface area contributed by atoms with Gasteiger partial charge in [-0.15, -0.1) is 6.58 Å². The first-order valence-electron chi connectivity index (χ1n) is 6.74. The average Bonchev–Trinajstić information content (AvgIpc) is 2.25. The fourth-order valence-electron chi connectivity index (χ4n) is 2.09. The Kier molecular flexibility index (Phi) is 10.9. The summed E-state index contributed by atoms with van der Waals surface area (Å²) < 4.78 is 0. The molecule has 0 aromatic rings. The van der Waals surface area contributed by atoms with Crippen LogP contribution in [0.3, 0.4) is 0 Å². The van der Waals surface area contributed by atoms with Crippen LogP contribution < -0.4 is 5.32 Å². The van der Waals surface area contributed by atoms with Crippen molar-refractivity contribution in [3.8, 4) is 0 Å². The molecule has 96 valence electrons. The highest BCUT2D eigenvalue weighted by molar-refractivity contribution is 4.70. The Hall–Kier alpha value is -0.340. The zero-order chi connectivity index (χ0) is 12.2. The van der Waals surface area contributed by atoms with Gasteiger partial charge in [0.2, 0.25) is 0 Å². The Bertz CT molecular complexity index is 157. The molecule has 1 atom stereocenters. The number of nitrogens with one attached hydrogen (secondary N) is 1. The quantitative estimate of drug-likeness (QED) is 0.430. The molecule has 0 aliphatic heterocycles. The Morgan fingerprint density at radius 2 is 2.06 bits per heavy atom. The Balaban J connectivity index is 3.72. The fraction of sp³-hybridized carbons (Fsp3) is 0.857. The van der Waals surface area contributed by atoms with E-state index in [-0.39, 0.29) is 0 Å². The summed E-state index contributed by atoms with van der Waals surface area (Å²) in [5.41, 5.74) is 0. The monoisotopic (exact) mass is 226 g/mol. The average molecular weight is 226 g/mol. The molecule has 0 saturated carbocycles. The molecule has 0 aromatic carbocycles. The molecular formula is C14H30N2. The van der Waals surface area contributed by atoms with Crippen molar-refractivity contribution in [3.63, 3.8) is 0 Å². The number of rotatable bonds is 11. The van der Waals surface area contributed by atoms with Crippen molar-refractivity contribution in [2.45, 2.75) is 39.5 Å². The lowest BCUT2D eigenvalue weighted by molar-refractivity contribution is 0.261. The molecule has 2 nitrogen and oxygen atoms in total. The van der Waals surface area contributed by atoms with Gasteiger partial charge in [-0.2, -0.15) is 0 Å². The second kappa shape index (κ2) is 11.2. The number of hydrogen-bond donors (Lipinski definition) is 1. The van der Waals surface area contributed by atoms with Gasteiger partial charge in [-0.3, -0.25) is 0 Å². The van der Waals surface area contributed by atoms with Crippen LogP contribution in [0.15, 0.2) is 12.7 Å². The second-order valence-corrected chi connectivity index (χ2v) is 4.70. The molecule has 0 spiro atoms. The van der Waals surface area contributed by atoms with E-state index in [0.717, 1.165) is 25.4 Å². The first kappa shape index (κ1) is 15.7. The fourth-order valence-corrected chi connectivity index (χ4v) is 2.09. The zero-order valence-corrected chi connectivity index (χ0v) is 11.5. The van der Waals surface area contributed by atoms with Crippen LogP contribution >= 0.6 is 0 Å². The van der Waals surface area contributed by atoms with Crippen molar-refractivity contribution in [3.05, 3.63) is 12.7 Å². The first-order chi connectivity index (χ1) is 7.74.